The molecule has 1 aliphatic rings. The van der Waals surface area contributed by atoms with E-state index in [0.717, 1.165) is 18.5 Å². The molecule has 1 saturated carbocycles. The zero-order valence-electron chi connectivity index (χ0n) is 10.6. The van der Waals surface area contributed by atoms with Crippen molar-refractivity contribution in [1.82, 2.24) is 9.88 Å². The average Bonchev–Trinajstić information content (AvgIpc) is 2.89. The highest BCUT2D eigenvalue weighted by atomic mass is 16.2. The number of aromatic nitrogens is 1. The van der Waals surface area contributed by atoms with E-state index >= 15 is 0 Å². The molecule has 0 unspecified atom stereocenters. The molecule has 94 valence electrons. The van der Waals surface area contributed by atoms with Crippen LogP contribution in [0, 0.1) is 16.7 Å². The van der Waals surface area contributed by atoms with Crippen LogP contribution in [0.3, 0.4) is 0 Å². The zero-order valence-corrected chi connectivity index (χ0v) is 10.6. The smallest absolute Gasteiger partial charge is 0.243 e. The van der Waals surface area contributed by atoms with Gasteiger partial charge in [0.1, 0.15) is 5.41 Å². The zero-order chi connectivity index (χ0) is 13.0. The third kappa shape index (κ3) is 2.35. The van der Waals surface area contributed by atoms with Crippen molar-refractivity contribution in [2.24, 2.45) is 5.41 Å². The predicted octanol–water partition coefficient (Wildman–Crippen LogP) is 2.12. The fraction of sp³-hybridized carbons (Fsp3) is 0.500. The van der Waals surface area contributed by atoms with Gasteiger partial charge in [-0.05, 0) is 25.0 Å². The van der Waals surface area contributed by atoms with Crippen molar-refractivity contribution in [1.29, 1.82) is 5.26 Å². The summed E-state index contributed by atoms with van der Waals surface area (Å²) < 4.78 is 0. The van der Waals surface area contributed by atoms with E-state index in [2.05, 4.69) is 11.1 Å². The minimum Gasteiger partial charge on any atom is -0.338 e. The van der Waals surface area contributed by atoms with Gasteiger partial charge in [-0.15, -0.1) is 0 Å². The molecule has 1 amide bonds. The number of amides is 1. The number of pyridine rings is 1. The summed E-state index contributed by atoms with van der Waals surface area (Å²) in [6.45, 7) is 0.461. The van der Waals surface area contributed by atoms with Crippen molar-refractivity contribution in [3.05, 3.63) is 30.1 Å². The van der Waals surface area contributed by atoms with Crippen LogP contribution in [0.1, 0.15) is 31.4 Å². The second kappa shape index (κ2) is 5.18. The molecular formula is C14H17N3O. The first-order valence-electron chi connectivity index (χ1n) is 6.25. The number of nitriles is 1. The van der Waals surface area contributed by atoms with Crippen molar-refractivity contribution in [2.45, 2.75) is 32.2 Å². The lowest BCUT2D eigenvalue weighted by atomic mass is 9.86. The fourth-order valence-electron chi connectivity index (χ4n) is 2.52. The molecule has 0 bridgehead atoms. The van der Waals surface area contributed by atoms with Gasteiger partial charge in [0.2, 0.25) is 5.91 Å². The summed E-state index contributed by atoms with van der Waals surface area (Å²) >= 11 is 0. The van der Waals surface area contributed by atoms with Crippen molar-refractivity contribution in [2.75, 3.05) is 7.05 Å². The molecule has 0 saturated heterocycles. The molecule has 1 heterocycles. The summed E-state index contributed by atoms with van der Waals surface area (Å²) in [5, 5.41) is 9.29. The van der Waals surface area contributed by atoms with Gasteiger partial charge in [-0.2, -0.15) is 5.26 Å². The first-order chi connectivity index (χ1) is 8.68. The summed E-state index contributed by atoms with van der Waals surface area (Å²) in [5.74, 6) is -0.0619. The summed E-state index contributed by atoms with van der Waals surface area (Å²) in [6, 6.07) is 7.86. The summed E-state index contributed by atoms with van der Waals surface area (Å²) in [4.78, 5) is 18.2. The van der Waals surface area contributed by atoms with Crippen molar-refractivity contribution in [3.63, 3.8) is 0 Å². The van der Waals surface area contributed by atoms with Crippen LogP contribution in [0.2, 0.25) is 0 Å². The highest BCUT2D eigenvalue weighted by Gasteiger charge is 2.43. The predicted molar refractivity (Wildman–Crippen MR) is 67.2 cm³/mol. The summed E-state index contributed by atoms with van der Waals surface area (Å²) in [5.41, 5.74) is 0.0585. The Morgan fingerprint density at radius 2 is 2.22 bits per heavy atom. The molecule has 0 aromatic carbocycles. The SMILES string of the molecule is CN(Cc1ccccn1)C(=O)C1(C#N)CCCC1. The number of carbonyl (C=O) groups excluding carboxylic acids is 1. The van der Waals surface area contributed by atoms with Gasteiger partial charge < -0.3 is 4.90 Å². The largest absolute Gasteiger partial charge is 0.338 e. The Balaban J connectivity index is 2.07. The summed E-state index contributed by atoms with van der Waals surface area (Å²) in [7, 11) is 1.74. The van der Waals surface area contributed by atoms with Crippen LogP contribution in [0.25, 0.3) is 0 Å². The Morgan fingerprint density at radius 3 is 2.78 bits per heavy atom. The van der Waals surface area contributed by atoms with Crippen LogP contribution in [0.5, 0.6) is 0 Å². The molecule has 4 heteroatoms. The number of nitrogens with zero attached hydrogens (tertiary/aromatic N) is 3. The van der Waals surface area contributed by atoms with Gasteiger partial charge in [-0.3, -0.25) is 9.78 Å². The van der Waals surface area contributed by atoms with E-state index < -0.39 is 5.41 Å². The number of hydrogen-bond acceptors (Lipinski definition) is 3. The van der Waals surface area contributed by atoms with Crippen LogP contribution in [0.4, 0.5) is 0 Å². The van der Waals surface area contributed by atoms with Crippen LogP contribution in [-0.2, 0) is 11.3 Å². The molecule has 0 N–H and O–H groups in total. The molecule has 1 aliphatic carbocycles. The third-order valence-corrected chi connectivity index (χ3v) is 3.55. The maximum Gasteiger partial charge on any atom is 0.243 e. The van der Waals surface area contributed by atoms with E-state index in [-0.39, 0.29) is 5.91 Å². The molecule has 1 fully saturated rings. The monoisotopic (exact) mass is 243 g/mol. The van der Waals surface area contributed by atoms with Gasteiger partial charge in [0.25, 0.3) is 0 Å². The molecule has 2 rings (SSSR count). The van der Waals surface area contributed by atoms with Crippen LogP contribution in [-0.4, -0.2) is 22.8 Å². The van der Waals surface area contributed by atoms with Gasteiger partial charge in [0.15, 0.2) is 0 Å². The molecule has 18 heavy (non-hydrogen) atoms. The molecule has 0 atom stereocenters. The molecular weight excluding hydrogens is 226 g/mol. The standard InChI is InChI=1S/C14H17N3O/c1-17(10-12-6-2-5-9-16-12)13(18)14(11-15)7-3-4-8-14/h2,5-6,9H,3-4,7-8,10H2,1H3. The molecule has 1 aromatic rings. The van der Waals surface area contributed by atoms with Crippen LogP contribution >= 0.6 is 0 Å². The lowest BCUT2D eigenvalue weighted by Crippen LogP contribution is -2.39. The van der Waals surface area contributed by atoms with Crippen molar-refractivity contribution < 1.29 is 4.79 Å². The summed E-state index contributed by atoms with van der Waals surface area (Å²) in [6.07, 6.45) is 5.03. The first-order valence-corrected chi connectivity index (χ1v) is 6.25. The molecule has 0 aliphatic heterocycles. The first kappa shape index (κ1) is 12.6. The van der Waals surface area contributed by atoms with Crippen molar-refractivity contribution >= 4 is 5.91 Å². The maximum atomic E-state index is 12.4. The minimum atomic E-state index is -0.788. The lowest BCUT2D eigenvalue weighted by Gasteiger charge is -2.26. The second-order valence-corrected chi connectivity index (χ2v) is 4.88. The van der Waals surface area contributed by atoms with E-state index in [1.807, 2.05) is 18.2 Å². The van der Waals surface area contributed by atoms with E-state index in [4.69, 9.17) is 0 Å². The van der Waals surface area contributed by atoms with Crippen LogP contribution < -0.4 is 0 Å². The Bertz CT molecular complexity index is 458. The Kier molecular flexibility index (Phi) is 3.61. The topological polar surface area (TPSA) is 57.0 Å². The number of carbonyl (C=O) groups is 1. The number of rotatable bonds is 3. The van der Waals surface area contributed by atoms with E-state index in [0.29, 0.717) is 19.4 Å². The van der Waals surface area contributed by atoms with E-state index in [1.54, 1.807) is 18.1 Å². The van der Waals surface area contributed by atoms with E-state index in [9.17, 15) is 10.1 Å². The molecule has 1 aromatic heterocycles. The Hall–Kier alpha value is -1.89. The number of hydrogen-bond donors (Lipinski definition) is 0. The molecule has 0 spiro atoms. The second-order valence-electron chi connectivity index (χ2n) is 4.88. The fourth-order valence-corrected chi connectivity index (χ4v) is 2.52. The van der Waals surface area contributed by atoms with Gasteiger partial charge in [-0.1, -0.05) is 18.9 Å². The van der Waals surface area contributed by atoms with Gasteiger partial charge in [0.05, 0.1) is 18.3 Å². The lowest BCUT2D eigenvalue weighted by molar-refractivity contribution is -0.138. The normalized spacial score (nSPS) is 17.1. The van der Waals surface area contributed by atoms with Gasteiger partial charge in [0, 0.05) is 13.2 Å². The maximum absolute atomic E-state index is 12.4. The minimum absolute atomic E-state index is 0.0619. The third-order valence-electron chi connectivity index (χ3n) is 3.55. The quantitative estimate of drug-likeness (QED) is 0.817. The van der Waals surface area contributed by atoms with Crippen molar-refractivity contribution in [3.8, 4) is 6.07 Å². The highest BCUT2D eigenvalue weighted by Crippen LogP contribution is 2.39. The molecule has 0 radical (unpaired) electrons. The van der Waals surface area contributed by atoms with Crippen LogP contribution in [0.15, 0.2) is 24.4 Å². The average molecular weight is 243 g/mol. The molecule has 4 nitrogen and oxygen atoms in total. The van der Waals surface area contributed by atoms with Gasteiger partial charge in [-0.25, -0.2) is 0 Å². The Morgan fingerprint density at radius 1 is 1.50 bits per heavy atom. The van der Waals surface area contributed by atoms with Gasteiger partial charge >= 0.3 is 0 Å². The highest BCUT2D eigenvalue weighted by molar-refractivity contribution is 5.85. The Labute approximate surface area is 107 Å². The van der Waals surface area contributed by atoms with E-state index in [1.165, 1.54) is 0 Å².